The number of nitrogens with one attached hydrogen (secondary N) is 3. The van der Waals surface area contributed by atoms with Gasteiger partial charge in [-0.25, -0.2) is 14.8 Å². The van der Waals surface area contributed by atoms with E-state index in [4.69, 9.17) is 9.72 Å². The number of morpholine rings is 1. The number of hydrazine groups is 1. The lowest BCUT2D eigenvalue weighted by atomic mass is 9.71. The third-order valence-electron chi connectivity index (χ3n) is 9.26. The van der Waals surface area contributed by atoms with Crippen LogP contribution in [0.4, 0.5) is 4.39 Å². The van der Waals surface area contributed by atoms with Crippen molar-refractivity contribution in [1.29, 1.82) is 0 Å². The summed E-state index contributed by atoms with van der Waals surface area (Å²) in [6, 6.07) is 5.52. The minimum absolute atomic E-state index is 0.0408. The topological polar surface area (TPSA) is 88.7 Å². The van der Waals surface area contributed by atoms with Gasteiger partial charge in [0.25, 0.3) is 0 Å². The average molecular weight is 525 g/mol. The molecule has 206 valence electrons. The molecule has 0 radical (unpaired) electrons. The van der Waals surface area contributed by atoms with Crippen molar-refractivity contribution in [3.8, 4) is 5.75 Å². The molecule has 3 aliphatic heterocycles. The Morgan fingerprint density at radius 1 is 1.21 bits per heavy atom. The summed E-state index contributed by atoms with van der Waals surface area (Å²) in [6.45, 7) is 7.70. The molecular weight excluding hydrogens is 483 g/mol. The number of aromatic hydroxyl groups is 1. The Morgan fingerprint density at radius 2 is 2.11 bits per heavy atom. The Kier molecular flexibility index (Phi) is 7.55. The second-order valence-electron chi connectivity index (χ2n) is 11.5. The highest BCUT2D eigenvalue weighted by atomic mass is 19.1. The van der Waals surface area contributed by atoms with Crippen molar-refractivity contribution < 1.29 is 14.2 Å². The number of phenols is 1. The van der Waals surface area contributed by atoms with E-state index in [9.17, 15) is 5.11 Å². The molecule has 4 N–H and O–H groups in total. The SMILES string of the molecule is CCc1cc(O)ccc1C1CCC2C(c3ncc(C4=CCN(C[C@@H]5COCCN5C)CC4)[nH]3)NNC2C1F. The number of fused-ring (bicyclic) bond motifs is 1. The van der Waals surface area contributed by atoms with Crippen LogP contribution in [0.3, 0.4) is 0 Å². The number of phenolic OH excluding ortho intramolecular Hbond substituents is 1. The highest BCUT2D eigenvalue weighted by Crippen LogP contribution is 2.45. The van der Waals surface area contributed by atoms with Gasteiger partial charge in [0, 0.05) is 44.1 Å². The molecular formula is C29H41FN6O2. The maximum Gasteiger partial charge on any atom is 0.125 e. The normalized spacial score (nSPS) is 32.8. The molecule has 0 bridgehead atoms. The Hall–Kier alpha value is -2.30. The molecule has 1 aromatic heterocycles. The standard InChI is InChI=1S/C29H41FN6O2/c1-3-18-14-21(37)4-5-22(18)23-6-7-24-27(26(23)30)33-34-28(24)29-31-15-25(32-29)19-8-10-36(11-9-19)16-20-17-38-13-12-35(20)2/h4-5,8,14-15,20,23-24,26-28,33-34,37H,3,6-7,9-13,16-17H2,1-2H3,(H,31,32)/t20-,23?,24?,26?,27?,28?/m1/s1. The lowest BCUT2D eigenvalue weighted by Gasteiger charge is -2.37. The van der Waals surface area contributed by atoms with Crippen molar-refractivity contribution in [2.75, 3.05) is 46.4 Å². The minimum atomic E-state index is -1.00. The van der Waals surface area contributed by atoms with Crippen LogP contribution in [0.25, 0.3) is 5.57 Å². The Morgan fingerprint density at radius 3 is 2.89 bits per heavy atom. The summed E-state index contributed by atoms with van der Waals surface area (Å²) in [5.41, 5.74) is 11.1. The van der Waals surface area contributed by atoms with Crippen molar-refractivity contribution in [2.45, 2.75) is 62.8 Å². The van der Waals surface area contributed by atoms with Gasteiger partial charge >= 0.3 is 0 Å². The van der Waals surface area contributed by atoms with Gasteiger partial charge in [-0.2, -0.15) is 0 Å². The minimum Gasteiger partial charge on any atom is -0.508 e. The molecule has 0 spiro atoms. The Labute approximate surface area is 224 Å². The number of likely N-dealkylation sites (N-methyl/N-ethyl adjacent to an activating group) is 1. The molecule has 2 saturated heterocycles. The third kappa shape index (κ3) is 5.02. The van der Waals surface area contributed by atoms with Crippen LogP contribution in [0.1, 0.15) is 60.8 Å². The first-order chi connectivity index (χ1) is 18.5. The predicted molar refractivity (Wildman–Crippen MR) is 146 cm³/mol. The zero-order valence-corrected chi connectivity index (χ0v) is 22.5. The van der Waals surface area contributed by atoms with Gasteiger partial charge in [-0.1, -0.05) is 19.1 Å². The van der Waals surface area contributed by atoms with E-state index >= 15 is 4.39 Å². The van der Waals surface area contributed by atoms with Crippen LogP contribution in [-0.2, 0) is 11.2 Å². The molecule has 3 fully saturated rings. The van der Waals surface area contributed by atoms with Crippen molar-refractivity contribution >= 4 is 5.57 Å². The average Bonchev–Trinajstić information content (AvgIpc) is 3.59. The first-order valence-electron chi connectivity index (χ1n) is 14.2. The number of rotatable bonds is 6. The first kappa shape index (κ1) is 26.0. The number of nitrogens with zero attached hydrogens (tertiary/aromatic N) is 3. The number of hydrogen-bond donors (Lipinski definition) is 4. The van der Waals surface area contributed by atoms with Crippen LogP contribution >= 0.6 is 0 Å². The van der Waals surface area contributed by atoms with Gasteiger partial charge < -0.3 is 14.8 Å². The van der Waals surface area contributed by atoms with Gasteiger partial charge in [-0.15, -0.1) is 0 Å². The molecule has 1 aromatic carbocycles. The molecule has 4 heterocycles. The second-order valence-corrected chi connectivity index (χ2v) is 11.5. The molecule has 1 aliphatic carbocycles. The number of hydrogen-bond acceptors (Lipinski definition) is 7. The fourth-order valence-corrected chi connectivity index (χ4v) is 6.92. The maximum atomic E-state index is 15.9. The van der Waals surface area contributed by atoms with Gasteiger partial charge in [-0.3, -0.25) is 15.2 Å². The largest absolute Gasteiger partial charge is 0.508 e. The molecule has 6 rings (SSSR count). The van der Waals surface area contributed by atoms with Crippen LogP contribution in [0, 0.1) is 5.92 Å². The van der Waals surface area contributed by atoms with E-state index in [0.29, 0.717) is 6.04 Å². The summed E-state index contributed by atoms with van der Waals surface area (Å²) in [7, 11) is 2.19. The summed E-state index contributed by atoms with van der Waals surface area (Å²) >= 11 is 0. The van der Waals surface area contributed by atoms with E-state index in [0.717, 1.165) is 87.7 Å². The molecule has 4 aliphatic rings. The molecule has 9 heteroatoms. The summed E-state index contributed by atoms with van der Waals surface area (Å²) in [5, 5.41) is 9.89. The molecule has 5 unspecified atom stereocenters. The quantitative estimate of drug-likeness (QED) is 0.462. The molecule has 8 nitrogen and oxygen atoms in total. The van der Waals surface area contributed by atoms with Crippen molar-refractivity contribution in [2.24, 2.45) is 5.92 Å². The number of imidazole rings is 1. The van der Waals surface area contributed by atoms with E-state index in [2.05, 4.69) is 45.7 Å². The fraction of sp³-hybridized carbons (Fsp3) is 0.621. The van der Waals surface area contributed by atoms with E-state index in [1.165, 1.54) is 5.57 Å². The van der Waals surface area contributed by atoms with E-state index in [1.54, 1.807) is 12.1 Å². The third-order valence-corrected chi connectivity index (χ3v) is 9.26. The molecule has 2 aromatic rings. The summed E-state index contributed by atoms with van der Waals surface area (Å²) in [5.74, 6) is 1.10. The van der Waals surface area contributed by atoms with Crippen LogP contribution in [0.5, 0.6) is 5.75 Å². The second kappa shape index (κ2) is 11.1. The number of aryl methyl sites for hydroxylation is 1. The van der Waals surface area contributed by atoms with Gasteiger partial charge in [0.15, 0.2) is 0 Å². The van der Waals surface area contributed by atoms with E-state index in [1.807, 2.05) is 12.3 Å². The van der Waals surface area contributed by atoms with Crippen LogP contribution < -0.4 is 10.9 Å². The Balaban J connectivity index is 1.09. The maximum absolute atomic E-state index is 15.9. The smallest absolute Gasteiger partial charge is 0.125 e. The number of benzene rings is 1. The molecule has 0 amide bonds. The van der Waals surface area contributed by atoms with Crippen LogP contribution in [0.15, 0.2) is 30.5 Å². The van der Waals surface area contributed by atoms with Crippen LogP contribution in [0.2, 0.25) is 0 Å². The molecule has 6 atom stereocenters. The van der Waals surface area contributed by atoms with Gasteiger partial charge in [0.05, 0.1) is 37.2 Å². The number of aromatic nitrogens is 2. The lowest BCUT2D eigenvalue weighted by molar-refractivity contribution is -0.00623. The summed E-state index contributed by atoms with van der Waals surface area (Å²) in [4.78, 5) is 13.2. The van der Waals surface area contributed by atoms with Crippen molar-refractivity contribution in [1.82, 2.24) is 30.6 Å². The highest BCUT2D eigenvalue weighted by Gasteiger charge is 2.48. The fourth-order valence-electron chi connectivity index (χ4n) is 6.92. The highest BCUT2D eigenvalue weighted by molar-refractivity contribution is 5.63. The lowest BCUT2D eigenvalue weighted by Crippen LogP contribution is -2.50. The van der Waals surface area contributed by atoms with Gasteiger partial charge in [-0.05, 0) is 61.6 Å². The summed E-state index contributed by atoms with van der Waals surface area (Å²) < 4.78 is 21.6. The monoisotopic (exact) mass is 524 g/mol. The summed E-state index contributed by atoms with van der Waals surface area (Å²) in [6.07, 6.45) is 6.73. The van der Waals surface area contributed by atoms with Gasteiger partial charge in [0.1, 0.15) is 17.7 Å². The molecule has 1 saturated carbocycles. The van der Waals surface area contributed by atoms with E-state index < -0.39 is 6.17 Å². The number of H-pyrrole nitrogens is 1. The Bertz CT molecular complexity index is 1150. The number of halogens is 1. The zero-order chi connectivity index (χ0) is 26.2. The van der Waals surface area contributed by atoms with Gasteiger partial charge in [0.2, 0.25) is 0 Å². The zero-order valence-electron chi connectivity index (χ0n) is 22.5. The van der Waals surface area contributed by atoms with E-state index in [-0.39, 0.29) is 29.7 Å². The number of ether oxygens (including phenoxy) is 1. The van der Waals surface area contributed by atoms with Crippen LogP contribution in [-0.4, -0.2) is 89.6 Å². The first-order valence-corrected chi connectivity index (χ1v) is 14.2. The number of alkyl halides is 1. The molecule has 38 heavy (non-hydrogen) atoms. The van der Waals surface area contributed by atoms with Crippen molar-refractivity contribution in [3.63, 3.8) is 0 Å². The number of aromatic amines is 1. The predicted octanol–water partition coefficient (Wildman–Crippen LogP) is 3.15. The van der Waals surface area contributed by atoms with Crippen molar-refractivity contribution in [3.05, 3.63) is 53.1 Å².